The fourth-order valence-electron chi connectivity index (χ4n) is 6.31. The highest BCUT2D eigenvalue weighted by Gasteiger charge is 2.42. The van der Waals surface area contributed by atoms with Crippen molar-refractivity contribution in [2.45, 2.75) is 55.4 Å². The molecule has 3 aromatic rings. The number of halogens is 5. The zero-order valence-electron chi connectivity index (χ0n) is 21.3. The first-order chi connectivity index (χ1) is 19.1. The Morgan fingerprint density at radius 2 is 1.82 bits per heavy atom. The normalized spacial score (nSPS) is 20.9. The number of fused-ring (bicyclic) bond motifs is 2. The van der Waals surface area contributed by atoms with Crippen molar-refractivity contribution < 1.29 is 26.7 Å². The zero-order chi connectivity index (χ0) is 28.3. The molecule has 3 aliphatic heterocycles. The van der Waals surface area contributed by atoms with Crippen LogP contribution in [0.15, 0.2) is 46.6 Å². The third kappa shape index (κ3) is 4.36. The van der Waals surface area contributed by atoms with E-state index in [0.29, 0.717) is 44.2 Å². The van der Waals surface area contributed by atoms with Crippen LogP contribution in [0.25, 0.3) is 22.0 Å². The molecule has 12 heteroatoms. The number of rotatable bonds is 3. The summed E-state index contributed by atoms with van der Waals surface area (Å²) in [6.07, 6.45) is -0.785. The number of carbonyl (C=O) groups is 1. The molecule has 6 nitrogen and oxygen atoms in total. The lowest BCUT2D eigenvalue weighted by Crippen LogP contribution is -2.62. The van der Waals surface area contributed by atoms with Gasteiger partial charge in [0.05, 0.1) is 11.1 Å². The standard InChI is InChI=1S/C28H25F5N4O2S/c1-2-22(38)37-16-5-3-6-17(37)14-35(13-16)26-19-12-20(28(31,32)33)23(18-8-7-15(29)11-21(18)30)25-24(19)36(27(39)34-26)9-4-10-40-25/h2,7-8,11-12,16-17H,1,3-6,9-10,13-14H2. The van der Waals surface area contributed by atoms with E-state index in [0.717, 1.165) is 36.4 Å². The number of amides is 1. The predicted molar refractivity (Wildman–Crippen MR) is 142 cm³/mol. The molecule has 40 heavy (non-hydrogen) atoms. The maximum absolute atomic E-state index is 15.0. The van der Waals surface area contributed by atoms with Crippen LogP contribution >= 0.6 is 11.8 Å². The molecular weight excluding hydrogens is 551 g/mol. The van der Waals surface area contributed by atoms with Crippen molar-refractivity contribution in [1.29, 1.82) is 0 Å². The van der Waals surface area contributed by atoms with Gasteiger partial charge in [-0.3, -0.25) is 9.36 Å². The van der Waals surface area contributed by atoms with Crippen LogP contribution < -0.4 is 10.6 Å². The highest BCUT2D eigenvalue weighted by Crippen LogP contribution is 2.49. The fraction of sp³-hybridized carbons (Fsp3) is 0.393. The lowest BCUT2D eigenvalue weighted by atomic mass is 9.90. The number of anilines is 1. The van der Waals surface area contributed by atoms with E-state index < -0.39 is 34.6 Å². The van der Waals surface area contributed by atoms with Crippen LogP contribution in [0.3, 0.4) is 0 Å². The second-order valence-corrected chi connectivity index (χ2v) is 11.4. The summed E-state index contributed by atoms with van der Waals surface area (Å²) in [6.45, 7) is 4.45. The highest BCUT2D eigenvalue weighted by atomic mass is 32.2. The Kier molecular flexibility index (Phi) is 6.63. The van der Waals surface area contributed by atoms with Gasteiger partial charge >= 0.3 is 11.9 Å². The molecule has 0 radical (unpaired) electrons. The number of piperazine rings is 1. The Bertz CT molecular complexity index is 1590. The summed E-state index contributed by atoms with van der Waals surface area (Å²) in [7, 11) is 0. The van der Waals surface area contributed by atoms with Gasteiger partial charge < -0.3 is 9.80 Å². The molecule has 2 fully saturated rings. The zero-order valence-corrected chi connectivity index (χ0v) is 22.1. The van der Waals surface area contributed by atoms with Crippen molar-refractivity contribution >= 4 is 34.4 Å². The van der Waals surface area contributed by atoms with Crippen LogP contribution in [-0.2, 0) is 17.5 Å². The summed E-state index contributed by atoms with van der Waals surface area (Å²) in [4.78, 5) is 33.9. The number of carbonyl (C=O) groups excluding carboxylic acids is 1. The number of piperidine rings is 1. The molecule has 1 amide bonds. The largest absolute Gasteiger partial charge is 0.417 e. The lowest BCUT2D eigenvalue weighted by Gasteiger charge is -2.50. The van der Waals surface area contributed by atoms with E-state index in [2.05, 4.69) is 11.6 Å². The average Bonchev–Trinajstić information content (AvgIpc) is 3.13. The minimum Gasteiger partial charge on any atom is -0.352 e. The lowest BCUT2D eigenvalue weighted by molar-refractivity contribution is -0.137. The van der Waals surface area contributed by atoms with Crippen molar-refractivity contribution in [2.75, 3.05) is 23.7 Å². The first kappa shape index (κ1) is 26.8. The molecule has 1 aromatic heterocycles. The Balaban J connectivity index is 1.62. The van der Waals surface area contributed by atoms with E-state index in [1.54, 1.807) is 9.80 Å². The summed E-state index contributed by atoms with van der Waals surface area (Å²) >= 11 is 1.12. The van der Waals surface area contributed by atoms with Gasteiger partial charge in [-0.1, -0.05) is 6.58 Å². The van der Waals surface area contributed by atoms with Gasteiger partial charge in [0.2, 0.25) is 5.91 Å². The van der Waals surface area contributed by atoms with Crippen LogP contribution in [0.2, 0.25) is 0 Å². The van der Waals surface area contributed by atoms with Crippen LogP contribution in [0.5, 0.6) is 0 Å². The fourth-order valence-corrected chi connectivity index (χ4v) is 7.51. The molecule has 4 heterocycles. The summed E-state index contributed by atoms with van der Waals surface area (Å²) in [5.74, 6) is -1.70. The van der Waals surface area contributed by atoms with Gasteiger partial charge in [-0.25, -0.2) is 13.6 Å². The average molecular weight is 577 g/mol. The van der Waals surface area contributed by atoms with Crippen molar-refractivity contribution in [1.82, 2.24) is 14.5 Å². The van der Waals surface area contributed by atoms with Gasteiger partial charge in [0, 0.05) is 59.2 Å². The number of alkyl halides is 3. The van der Waals surface area contributed by atoms with Crippen molar-refractivity contribution in [2.24, 2.45) is 0 Å². The van der Waals surface area contributed by atoms with Crippen LogP contribution in [0, 0.1) is 11.6 Å². The molecule has 2 aromatic carbocycles. The predicted octanol–water partition coefficient (Wildman–Crippen LogP) is 5.61. The summed E-state index contributed by atoms with van der Waals surface area (Å²) in [5.41, 5.74) is -2.22. The molecule has 2 unspecified atom stereocenters. The van der Waals surface area contributed by atoms with Crippen molar-refractivity contribution in [3.8, 4) is 11.1 Å². The smallest absolute Gasteiger partial charge is 0.352 e. The van der Waals surface area contributed by atoms with E-state index in [-0.39, 0.29) is 51.7 Å². The van der Waals surface area contributed by atoms with E-state index in [1.165, 1.54) is 10.6 Å². The number of benzene rings is 2. The first-order valence-corrected chi connectivity index (χ1v) is 14.0. The molecule has 2 saturated heterocycles. The quantitative estimate of drug-likeness (QED) is 0.300. The Morgan fingerprint density at radius 3 is 2.48 bits per heavy atom. The minimum atomic E-state index is -4.88. The second kappa shape index (κ2) is 9.90. The molecule has 0 spiro atoms. The SMILES string of the molecule is C=CC(=O)N1C2CCCC1CN(c1nc(=O)n3c4c(c(-c5ccc(F)cc5F)c(C(F)(F)F)cc14)SCCC3)C2. The van der Waals surface area contributed by atoms with E-state index in [4.69, 9.17) is 0 Å². The van der Waals surface area contributed by atoms with E-state index >= 15 is 4.39 Å². The van der Waals surface area contributed by atoms with Gasteiger partial charge in [0.15, 0.2) is 0 Å². The Hall–Kier alpha value is -3.41. The molecule has 3 aliphatic rings. The summed E-state index contributed by atoms with van der Waals surface area (Å²) < 4.78 is 74.1. The molecule has 2 bridgehead atoms. The van der Waals surface area contributed by atoms with Crippen molar-refractivity contribution in [3.05, 3.63) is 64.6 Å². The van der Waals surface area contributed by atoms with Crippen LogP contribution in [0.4, 0.5) is 27.8 Å². The number of aromatic nitrogens is 2. The van der Waals surface area contributed by atoms with Gasteiger partial charge in [-0.2, -0.15) is 18.2 Å². The Morgan fingerprint density at radius 1 is 1.10 bits per heavy atom. The van der Waals surface area contributed by atoms with Gasteiger partial charge in [-0.15, -0.1) is 11.8 Å². The minimum absolute atomic E-state index is 0.120. The third-order valence-corrected chi connectivity index (χ3v) is 9.11. The van der Waals surface area contributed by atoms with Crippen molar-refractivity contribution in [3.63, 3.8) is 0 Å². The third-order valence-electron chi connectivity index (χ3n) is 7.93. The Labute approximate surface area is 230 Å². The summed E-state index contributed by atoms with van der Waals surface area (Å²) in [5, 5.41) is 0.143. The highest BCUT2D eigenvalue weighted by molar-refractivity contribution is 7.99. The van der Waals surface area contributed by atoms with E-state index in [1.807, 2.05) is 0 Å². The summed E-state index contributed by atoms with van der Waals surface area (Å²) in [6, 6.07) is 3.03. The van der Waals surface area contributed by atoms with Gasteiger partial charge in [0.25, 0.3) is 0 Å². The molecular formula is C28H25F5N4O2S. The number of thioether (sulfide) groups is 1. The maximum Gasteiger partial charge on any atom is 0.417 e. The van der Waals surface area contributed by atoms with Gasteiger partial charge in [-0.05, 0) is 55.7 Å². The first-order valence-electron chi connectivity index (χ1n) is 13.0. The van der Waals surface area contributed by atoms with Crippen LogP contribution in [0.1, 0.15) is 31.2 Å². The number of hydrogen-bond donors (Lipinski definition) is 0. The van der Waals surface area contributed by atoms with Gasteiger partial charge in [0.1, 0.15) is 17.5 Å². The maximum atomic E-state index is 15.0. The second-order valence-electron chi connectivity index (χ2n) is 10.3. The molecule has 2 atom stereocenters. The molecule has 210 valence electrons. The number of nitrogens with zero attached hydrogens (tertiary/aromatic N) is 4. The molecule has 0 saturated carbocycles. The number of aryl methyl sites for hydroxylation is 1. The van der Waals surface area contributed by atoms with E-state index in [9.17, 15) is 27.2 Å². The monoisotopic (exact) mass is 576 g/mol. The number of hydrogen-bond acceptors (Lipinski definition) is 5. The molecule has 6 rings (SSSR count). The topological polar surface area (TPSA) is 58.4 Å². The molecule has 0 aliphatic carbocycles. The van der Waals surface area contributed by atoms with Crippen LogP contribution in [-0.4, -0.2) is 51.3 Å². The molecule has 0 N–H and O–H groups in total.